The van der Waals surface area contributed by atoms with Crippen molar-refractivity contribution in [1.82, 2.24) is 0 Å². The molecule has 20 heavy (non-hydrogen) atoms. The first-order valence-electron chi connectivity index (χ1n) is 5.94. The van der Waals surface area contributed by atoms with Gasteiger partial charge in [-0.15, -0.1) is 0 Å². The zero-order valence-electron chi connectivity index (χ0n) is 11.1. The standard InChI is InChI=1S/C15H14BrNO3/c1-17(13-5-3-4-6-14(13)20-2)10-7-8-11(15(18)19)12(16)9-10/h3-9H,1-2H3,(H,18,19). The van der Waals surface area contributed by atoms with E-state index in [1.165, 1.54) is 0 Å². The summed E-state index contributed by atoms with van der Waals surface area (Å²) in [5, 5.41) is 9.03. The maximum atomic E-state index is 11.0. The summed E-state index contributed by atoms with van der Waals surface area (Å²) in [7, 11) is 3.52. The number of halogens is 1. The van der Waals surface area contributed by atoms with Crippen molar-refractivity contribution in [2.75, 3.05) is 19.1 Å². The number of nitrogens with zero attached hydrogens (tertiary/aromatic N) is 1. The van der Waals surface area contributed by atoms with Crippen LogP contribution in [0.3, 0.4) is 0 Å². The van der Waals surface area contributed by atoms with E-state index in [1.807, 2.05) is 36.2 Å². The second-order valence-electron chi connectivity index (χ2n) is 4.20. The SMILES string of the molecule is COc1ccccc1N(C)c1ccc(C(=O)O)c(Br)c1. The van der Waals surface area contributed by atoms with E-state index in [-0.39, 0.29) is 5.56 Å². The van der Waals surface area contributed by atoms with Gasteiger partial charge in [0.25, 0.3) is 0 Å². The highest BCUT2D eigenvalue weighted by Crippen LogP contribution is 2.33. The average Bonchev–Trinajstić information content (AvgIpc) is 2.45. The van der Waals surface area contributed by atoms with Crippen LogP contribution in [0.4, 0.5) is 11.4 Å². The van der Waals surface area contributed by atoms with E-state index in [1.54, 1.807) is 25.3 Å². The zero-order chi connectivity index (χ0) is 14.7. The fourth-order valence-corrected chi connectivity index (χ4v) is 2.47. The molecule has 0 spiro atoms. The highest BCUT2D eigenvalue weighted by atomic mass is 79.9. The first-order valence-corrected chi connectivity index (χ1v) is 6.73. The molecule has 0 aliphatic rings. The molecule has 0 aliphatic carbocycles. The van der Waals surface area contributed by atoms with Crippen LogP contribution in [0.1, 0.15) is 10.4 Å². The number of para-hydroxylation sites is 2. The van der Waals surface area contributed by atoms with Gasteiger partial charge < -0.3 is 14.7 Å². The second-order valence-corrected chi connectivity index (χ2v) is 5.05. The van der Waals surface area contributed by atoms with Gasteiger partial charge in [0.05, 0.1) is 18.4 Å². The summed E-state index contributed by atoms with van der Waals surface area (Å²) in [6.45, 7) is 0. The van der Waals surface area contributed by atoms with Crippen LogP contribution in [0.2, 0.25) is 0 Å². The lowest BCUT2D eigenvalue weighted by Gasteiger charge is -2.22. The molecule has 5 heteroatoms. The lowest BCUT2D eigenvalue weighted by atomic mass is 10.2. The Bertz CT molecular complexity index is 643. The molecule has 0 saturated heterocycles. The van der Waals surface area contributed by atoms with E-state index in [0.717, 1.165) is 17.1 Å². The molecular weight excluding hydrogens is 322 g/mol. The van der Waals surface area contributed by atoms with Gasteiger partial charge >= 0.3 is 5.97 Å². The number of hydrogen-bond donors (Lipinski definition) is 1. The van der Waals surface area contributed by atoms with Crippen molar-refractivity contribution in [3.63, 3.8) is 0 Å². The number of ether oxygens (including phenoxy) is 1. The molecule has 0 atom stereocenters. The van der Waals surface area contributed by atoms with Crippen LogP contribution in [0.15, 0.2) is 46.9 Å². The molecular formula is C15H14BrNO3. The first kappa shape index (κ1) is 14.4. The molecule has 0 amide bonds. The molecule has 0 unspecified atom stereocenters. The smallest absolute Gasteiger partial charge is 0.336 e. The number of carboxylic acid groups (broad SMARTS) is 1. The van der Waals surface area contributed by atoms with Crippen LogP contribution in [-0.2, 0) is 0 Å². The molecule has 1 N–H and O–H groups in total. The quantitative estimate of drug-likeness (QED) is 0.919. The van der Waals surface area contributed by atoms with E-state index < -0.39 is 5.97 Å². The zero-order valence-corrected chi connectivity index (χ0v) is 12.7. The van der Waals surface area contributed by atoms with Gasteiger partial charge in [-0.25, -0.2) is 4.79 Å². The topological polar surface area (TPSA) is 49.8 Å². The van der Waals surface area contributed by atoms with E-state index in [9.17, 15) is 4.79 Å². The molecule has 2 aromatic rings. The normalized spacial score (nSPS) is 10.2. The molecule has 2 aromatic carbocycles. The fraction of sp³-hybridized carbons (Fsp3) is 0.133. The minimum Gasteiger partial charge on any atom is -0.495 e. The third-order valence-corrected chi connectivity index (χ3v) is 3.67. The summed E-state index contributed by atoms with van der Waals surface area (Å²) < 4.78 is 5.88. The molecule has 0 bridgehead atoms. The minimum absolute atomic E-state index is 0.238. The third-order valence-electron chi connectivity index (χ3n) is 3.02. The molecule has 0 radical (unpaired) electrons. The minimum atomic E-state index is -0.955. The van der Waals surface area contributed by atoms with Gasteiger partial charge in [-0.1, -0.05) is 12.1 Å². The summed E-state index contributed by atoms with van der Waals surface area (Å²) in [4.78, 5) is 12.9. The number of carbonyl (C=O) groups is 1. The Balaban J connectivity index is 2.41. The predicted octanol–water partition coefficient (Wildman–Crippen LogP) is 3.92. The monoisotopic (exact) mass is 335 g/mol. The molecule has 0 aromatic heterocycles. The molecule has 0 heterocycles. The lowest BCUT2D eigenvalue weighted by molar-refractivity contribution is 0.0696. The Morgan fingerprint density at radius 1 is 1.25 bits per heavy atom. The summed E-state index contributed by atoms with van der Waals surface area (Å²) in [6, 6.07) is 12.8. The third kappa shape index (κ3) is 2.77. The largest absolute Gasteiger partial charge is 0.495 e. The number of hydrogen-bond acceptors (Lipinski definition) is 3. The highest BCUT2D eigenvalue weighted by molar-refractivity contribution is 9.10. The van der Waals surface area contributed by atoms with Gasteiger partial charge in [0.2, 0.25) is 0 Å². The Hall–Kier alpha value is -2.01. The molecule has 0 fully saturated rings. The van der Waals surface area contributed by atoms with E-state index >= 15 is 0 Å². The van der Waals surface area contributed by atoms with Crippen LogP contribution in [-0.4, -0.2) is 25.2 Å². The maximum absolute atomic E-state index is 11.0. The molecule has 104 valence electrons. The van der Waals surface area contributed by atoms with E-state index in [2.05, 4.69) is 15.9 Å². The fourth-order valence-electron chi connectivity index (χ4n) is 1.93. The van der Waals surface area contributed by atoms with Gasteiger partial charge in [-0.05, 0) is 46.3 Å². The summed E-state index contributed by atoms with van der Waals surface area (Å²) in [5.74, 6) is -0.197. The lowest BCUT2D eigenvalue weighted by Crippen LogP contribution is -2.11. The van der Waals surface area contributed by atoms with Gasteiger partial charge in [0.1, 0.15) is 5.75 Å². The first-order chi connectivity index (χ1) is 9.54. The van der Waals surface area contributed by atoms with Crippen molar-refractivity contribution >= 4 is 33.3 Å². The Kier molecular flexibility index (Phi) is 4.29. The molecule has 2 rings (SSSR count). The molecule has 0 saturated carbocycles. The number of methoxy groups -OCH3 is 1. The number of anilines is 2. The average molecular weight is 336 g/mol. The van der Waals surface area contributed by atoms with Gasteiger partial charge in [-0.2, -0.15) is 0 Å². The predicted molar refractivity (Wildman–Crippen MR) is 82.2 cm³/mol. The molecule has 0 aliphatic heterocycles. The van der Waals surface area contributed by atoms with E-state index in [0.29, 0.717) is 4.47 Å². The number of aromatic carboxylic acids is 1. The Morgan fingerprint density at radius 3 is 2.55 bits per heavy atom. The second kappa shape index (κ2) is 5.96. The maximum Gasteiger partial charge on any atom is 0.336 e. The van der Waals surface area contributed by atoms with Crippen molar-refractivity contribution < 1.29 is 14.6 Å². The van der Waals surface area contributed by atoms with E-state index in [4.69, 9.17) is 9.84 Å². The summed E-state index contributed by atoms with van der Waals surface area (Å²) >= 11 is 3.29. The van der Waals surface area contributed by atoms with Crippen LogP contribution < -0.4 is 9.64 Å². The number of benzene rings is 2. The van der Waals surface area contributed by atoms with Crippen LogP contribution >= 0.6 is 15.9 Å². The van der Waals surface area contributed by atoms with Gasteiger partial charge in [0, 0.05) is 17.2 Å². The van der Waals surface area contributed by atoms with Crippen LogP contribution in [0, 0.1) is 0 Å². The Morgan fingerprint density at radius 2 is 1.95 bits per heavy atom. The van der Waals surface area contributed by atoms with Gasteiger partial charge in [0.15, 0.2) is 0 Å². The van der Waals surface area contributed by atoms with Crippen molar-refractivity contribution in [3.8, 4) is 5.75 Å². The van der Waals surface area contributed by atoms with Crippen LogP contribution in [0.5, 0.6) is 5.75 Å². The van der Waals surface area contributed by atoms with Crippen molar-refractivity contribution in [2.45, 2.75) is 0 Å². The van der Waals surface area contributed by atoms with Crippen LogP contribution in [0.25, 0.3) is 0 Å². The van der Waals surface area contributed by atoms with Gasteiger partial charge in [-0.3, -0.25) is 0 Å². The molecule has 4 nitrogen and oxygen atoms in total. The number of rotatable bonds is 4. The van der Waals surface area contributed by atoms with Crippen molar-refractivity contribution in [1.29, 1.82) is 0 Å². The Labute approximate surface area is 125 Å². The number of carboxylic acids is 1. The summed E-state index contributed by atoms with van der Waals surface area (Å²) in [5.41, 5.74) is 2.01. The van der Waals surface area contributed by atoms with Crippen molar-refractivity contribution in [3.05, 3.63) is 52.5 Å². The summed E-state index contributed by atoms with van der Waals surface area (Å²) in [6.07, 6.45) is 0. The highest BCUT2D eigenvalue weighted by Gasteiger charge is 2.13. The van der Waals surface area contributed by atoms with Crippen molar-refractivity contribution in [2.24, 2.45) is 0 Å².